The zero-order chi connectivity index (χ0) is 15.9. The van der Waals surface area contributed by atoms with Crippen molar-refractivity contribution in [2.45, 2.75) is 23.8 Å². The number of nitrogens with one attached hydrogen (secondary N) is 1. The second-order valence-corrected chi connectivity index (χ2v) is 6.43. The number of para-hydroxylation sites is 1. The summed E-state index contributed by atoms with van der Waals surface area (Å²) in [6.07, 6.45) is 1.86. The summed E-state index contributed by atoms with van der Waals surface area (Å²) >= 11 is 1.32. The van der Waals surface area contributed by atoms with Crippen molar-refractivity contribution in [1.82, 2.24) is 4.90 Å². The average Bonchev–Trinajstić information content (AvgIpc) is 2.48. The molecule has 0 aliphatic carbocycles. The van der Waals surface area contributed by atoms with Crippen molar-refractivity contribution in [3.05, 3.63) is 24.3 Å². The molecule has 2 amide bonds. The topological polar surface area (TPSA) is 101 Å². The molecule has 120 valence electrons. The van der Waals surface area contributed by atoms with Crippen molar-refractivity contribution >= 4 is 29.3 Å². The molecule has 1 aromatic rings. The van der Waals surface area contributed by atoms with Gasteiger partial charge < -0.3 is 16.8 Å². The van der Waals surface area contributed by atoms with E-state index in [9.17, 15) is 9.59 Å². The second kappa shape index (κ2) is 8.17. The molecule has 1 aromatic carbocycles. The maximum absolute atomic E-state index is 12.2. The van der Waals surface area contributed by atoms with Gasteiger partial charge in [0.2, 0.25) is 11.8 Å². The Hall–Kier alpha value is -1.57. The number of hydrogen-bond acceptors (Lipinski definition) is 5. The van der Waals surface area contributed by atoms with E-state index in [2.05, 4.69) is 10.2 Å². The van der Waals surface area contributed by atoms with Gasteiger partial charge in [0.15, 0.2) is 0 Å². The average molecular weight is 322 g/mol. The first-order chi connectivity index (χ1) is 10.5. The van der Waals surface area contributed by atoms with Gasteiger partial charge in [-0.3, -0.25) is 14.5 Å². The summed E-state index contributed by atoms with van der Waals surface area (Å²) in [5.74, 6) is -0.241. The number of piperidine rings is 1. The summed E-state index contributed by atoms with van der Waals surface area (Å²) in [5.41, 5.74) is 11.7. The summed E-state index contributed by atoms with van der Waals surface area (Å²) in [4.78, 5) is 26.0. The minimum Gasteiger partial charge on any atom is -0.369 e. The molecule has 0 spiro atoms. The Kier molecular flexibility index (Phi) is 6.23. The number of benzene rings is 1. The van der Waals surface area contributed by atoms with Gasteiger partial charge in [0.05, 0.1) is 18.0 Å². The lowest BCUT2D eigenvalue weighted by Crippen LogP contribution is -2.43. The highest BCUT2D eigenvalue weighted by atomic mass is 32.2. The third-order valence-corrected chi connectivity index (χ3v) is 4.63. The van der Waals surface area contributed by atoms with Gasteiger partial charge in [0.1, 0.15) is 0 Å². The first-order valence-electron chi connectivity index (χ1n) is 7.32. The summed E-state index contributed by atoms with van der Waals surface area (Å²) in [6, 6.07) is 7.66. The highest BCUT2D eigenvalue weighted by molar-refractivity contribution is 8.00. The highest BCUT2D eigenvalue weighted by Gasteiger charge is 2.18. The van der Waals surface area contributed by atoms with E-state index in [1.54, 1.807) is 0 Å². The number of thioether (sulfide) groups is 1. The highest BCUT2D eigenvalue weighted by Crippen LogP contribution is 2.26. The van der Waals surface area contributed by atoms with Gasteiger partial charge in [-0.1, -0.05) is 12.1 Å². The van der Waals surface area contributed by atoms with Crippen molar-refractivity contribution in [3.8, 4) is 0 Å². The molecular weight excluding hydrogens is 300 g/mol. The fourth-order valence-corrected chi connectivity index (χ4v) is 3.10. The molecule has 6 nitrogen and oxygen atoms in total. The fraction of sp³-hybridized carbons (Fsp3) is 0.467. The van der Waals surface area contributed by atoms with E-state index in [-0.39, 0.29) is 23.6 Å². The molecule has 0 saturated carbocycles. The number of carbonyl (C=O) groups is 2. The molecular formula is C15H22N4O2S. The van der Waals surface area contributed by atoms with Crippen LogP contribution in [-0.2, 0) is 9.59 Å². The smallest absolute Gasteiger partial charge is 0.238 e. The second-order valence-electron chi connectivity index (χ2n) is 5.41. The maximum Gasteiger partial charge on any atom is 0.238 e. The molecule has 5 N–H and O–H groups in total. The van der Waals surface area contributed by atoms with Crippen LogP contribution < -0.4 is 16.8 Å². The van der Waals surface area contributed by atoms with Crippen LogP contribution in [0.4, 0.5) is 5.69 Å². The van der Waals surface area contributed by atoms with E-state index in [4.69, 9.17) is 11.5 Å². The molecule has 0 radical (unpaired) electrons. The SMILES string of the molecule is NC(=O)CSc1ccccc1NC(=O)CN1CCC(N)CC1. The summed E-state index contributed by atoms with van der Waals surface area (Å²) in [7, 11) is 0. The number of amides is 2. The Bertz CT molecular complexity index is 530. The third kappa shape index (κ3) is 5.32. The fourth-order valence-electron chi connectivity index (χ4n) is 2.35. The molecule has 0 aromatic heterocycles. The van der Waals surface area contributed by atoms with Crippen LogP contribution in [0.15, 0.2) is 29.2 Å². The molecule has 1 fully saturated rings. The number of nitrogens with two attached hydrogens (primary N) is 2. The summed E-state index contributed by atoms with van der Waals surface area (Å²) < 4.78 is 0. The van der Waals surface area contributed by atoms with Gasteiger partial charge in [-0.15, -0.1) is 11.8 Å². The molecule has 1 aliphatic rings. The van der Waals surface area contributed by atoms with Crippen molar-refractivity contribution in [2.75, 3.05) is 30.7 Å². The Labute approximate surface area is 134 Å². The molecule has 2 rings (SSSR count). The van der Waals surface area contributed by atoms with Crippen LogP contribution in [-0.4, -0.2) is 48.1 Å². The van der Waals surface area contributed by atoms with Gasteiger partial charge in [0.25, 0.3) is 0 Å². The van der Waals surface area contributed by atoms with Crippen molar-refractivity contribution < 1.29 is 9.59 Å². The monoisotopic (exact) mass is 322 g/mol. The van der Waals surface area contributed by atoms with Crippen LogP contribution in [0.5, 0.6) is 0 Å². The van der Waals surface area contributed by atoms with Crippen LogP contribution in [0.3, 0.4) is 0 Å². The molecule has 22 heavy (non-hydrogen) atoms. The van der Waals surface area contributed by atoms with Gasteiger partial charge >= 0.3 is 0 Å². The van der Waals surface area contributed by atoms with Gasteiger partial charge in [-0.25, -0.2) is 0 Å². The normalized spacial score (nSPS) is 16.4. The predicted molar refractivity (Wildman–Crippen MR) is 88.6 cm³/mol. The van der Waals surface area contributed by atoms with E-state index < -0.39 is 0 Å². The van der Waals surface area contributed by atoms with Crippen LogP contribution in [0.2, 0.25) is 0 Å². The first-order valence-corrected chi connectivity index (χ1v) is 8.31. The number of anilines is 1. The van der Waals surface area contributed by atoms with Crippen LogP contribution in [0.1, 0.15) is 12.8 Å². The lowest BCUT2D eigenvalue weighted by atomic mass is 10.1. The summed E-state index contributed by atoms with van der Waals surface area (Å²) in [6.45, 7) is 2.07. The van der Waals surface area contributed by atoms with Crippen molar-refractivity contribution in [3.63, 3.8) is 0 Å². The molecule has 1 heterocycles. The van der Waals surface area contributed by atoms with E-state index in [0.29, 0.717) is 12.2 Å². The Morgan fingerprint density at radius 1 is 1.27 bits per heavy atom. The van der Waals surface area contributed by atoms with E-state index in [1.165, 1.54) is 11.8 Å². The van der Waals surface area contributed by atoms with Gasteiger partial charge in [0, 0.05) is 24.0 Å². The lowest BCUT2D eigenvalue weighted by molar-refractivity contribution is -0.117. The quantitative estimate of drug-likeness (QED) is 0.667. The largest absolute Gasteiger partial charge is 0.369 e. The molecule has 0 bridgehead atoms. The molecule has 0 unspecified atom stereocenters. The van der Waals surface area contributed by atoms with Gasteiger partial charge in [-0.05, 0) is 25.0 Å². The number of carbonyl (C=O) groups excluding carboxylic acids is 2. The zero-order valence-corrected chi connectivity index (χ0v) is 13.3. The Morgan fingerprint density at radius 2 is 1.95 bits per heavy atom. The van der Waals surface area contributed by atoms with Crippen LogP contribution in [0, 0.1) is 0 Å². The van der Waals surface area contributed by atoms with Crippen molar-refractivity contribution in [1.29, 1.82) is 0 Å². The lowest BCUT2D eigenvalue weighted by Gasteiger charge is -2.29. The molecule has 1 saturated heterocycles. The standard InChI is InChI=1S/C15H22N4O2S/c16-11-5-7-19(8-6-11)9-15(21)18-12-3-1-2-4-13(12)22-10-14(17)20/h1-4,11H,5-10,16H2,(H2,17,20)(H,18,21). The third-order valence-electron chi connectivity index (χ3n) is 3.53. The van der Waals surface area contributed by atoms with Gasteiger partial charge in [-0.2, -0.15) is 0 Å². The minimum absolute atomic E-state index is 0.0532. The predicted octanol–water partition coefficient (Wildman–Crippen LogP) is 0.626. The van der Waals surface area contributed by atoms with E-state index in [1.807, 2.05) is 24.3 Å². The van der Waals surface area contributed by atoms with Crippen LogP contribution in [0.25, 0.3) is 0 Å². The Balaban J connectivity index is 1.89. The van der Waals surface area contributed by atoms with Crippen molar-refractivity contribution in [2.24, 2.45) is 11.5 Å². The van der Waals surface area contributed by atoms with E-state index >= 15 is 0 Å². The number of rotatable bonds is 6. The number of hydrogen-bond donors (Lipinski definition) is 3. The Morgan fingerprint density at radius 3 is 2.64 bits per heavy atom. The summed E-state index contributed by atoms with van der Waals surface area (Å²) in [5, 5.41) is 2.91. The zero-order valence-electron chi connectivity index (χ0n) is 12.5. The molecule has 1 aliphatic heterocycles. The van der Waals surface area contributed by atoms with Crippen LogP contribution >= 0.6 is 11.8 Å². The number of primary amides is 1. The molecule has 7 heteroatoms. The molecule has 0 atom stereocenters. The minimum atomic E-state index is -0.379. The number of nitrogens with zero attached hydrogens (tertiary/aromatic N) is 1. The van der Waals surface area contributed by atoms with E-state index in [0.717, 1.165) is 30.8 Å². The maximum atomic E-state index is 12.2. The number of likely N-dealkylation sites (tertiary alicyclic amines) is 1. The first kappa shape index (κ1) is 16.8.